The fourth-order valence-corrected chi connectivity index (χ4v) is 2.61. The Balaban J connectivity index is 1.88. The molecule has 0 aromatic heterocycles. The second-order valence-electron chi connectivity index (χ2n) is 4.18. The Labute approximate surface area is 110 Å². The summed E-state index contributed by atoms with van der Waals surface area (Å²) in [6.45, 7) is 2.85. The molecule has 0 saturated carbocycles. The van der Waals surface area contributed by atoms with Crippen LogP contribution >= 0.6 is 22.6 Å². The first-order valence-electron chi connectivity index (χ1n) is 5.62. The first-order chi connectivity index (χ1) is 7.75. The number of nitrogens with two attached hydrogens (primary N) is 1. The summed E-state index contributed by atoms with van der Waals surface area (Å²) in [5.41, 5.74) is 7.72. The van der Waals surface area contributed by atoms with Crippen LogP contribution in [0, 0.1) is 9.49 Å². The van der Waals surface area contributed by atoms with Crippen LogP contribution in [0.1, 0.15) is 12.8 Å². The molecule has 1 heterocycles. The highest BCUT2D eigenvalue weighted by molar-refractivity contribution is 14.1. The number of benzene rings is 1. The Hall–Kier alpha value is -0.490. The first kappa shape index (κ1) is 12.0. The van der Waals surface area contributed by atoms with Crippen LogP contribution in [0.15, 0.2) is 18.2 Å². The summed E-state index contributed by atoms with van der Waals surface area (Å²) in [5, 5.41) is 3.49. The second-order valence-corrected chi connectivity index (χ2v) is 5.34. The predicted molar refractivity (Wildman–Crippen MR) is 75.6 cm³/mol. The van der Waals surface area contributed by atoms with Crippen molar-refractivity contribution in [3.8, 4) is 0 Å². The van der Waals surface area contributed by atoms with Crippen molar-refractivity contribution >= 4 is 34.0 Å². The minimum absolute atomic E-state index is 0.738. The van der Waals surface area contributed by atoms with Gasteiger partial charge in [0.15, 0.2) is 0 Å². The van der Waals surface area contributed by atoms with Crippen molar-refractivity contribution in [3.05, 3.63) is 21.8 Å². The summed E-state index contributed by atoms with van der Waals surface area (Å²) < 4.78 is 6.53. The highest BCUT2D eigenvalue weighted by Crippen LogP contribution is 2.22. The third-order valence-corrected chi connectivity index (χ3v) is 3.81. The van der Waals surface area contributed by atoms with E-state index in [2.05, 4.69) is 34.0 Å². The maximum absolute atomic E-state index is 5.72. The average Bonchev–Trinajstić information content (AvgIpc) is 2.29. The summed E-state index contributed by atoms with van der Waals surface area (Å²) in [7, 11) is 0. The molecule has 3 N–H and O–H groups in total. The highest BCUT2D eigenvalue weighted by atomic mass is 127. The molecule has 16 heavy (non-hydrogen) atoms. The molecule has 88 valence electrons. The van der Waals surface area contributed by atoms with Gasteiger partial charge in [0.05, 0.1) is 0 Å². The lowest BCUT2D eigenvalue weighted by molar-refractivity contribution is 0.0699. The summed E-state index contributed by atoms with van der Waals surface area (Å²) in [5.74, 6) is 0.738. The molecule has 1 aliphatic rings. The van der Waals surface area contributed by atoms with Gasteiger partial charge in [-0.05, 0) is 59.5 Å². The van der Waals surface area contributed by atoms with Crippen LogP contribution in [-0.4, -0.2) is 19.8 Å². The van der Waals surface area contributed by atoms with Gasteiger partial charge in [0.2, 0.25) is 0 Å². The number of ether oxygens (including phenoxy) is 1. The maximum atomic E-state index is 5.72. The van der Waals surface area contributed by atoms with Gasteiger partial charge in [-0.3, -0.25) is 0 Å². The third kappa shape index (κ3) is 3.25. The molecule has 0 amide bonds. The zero-order chi connectivity index (χ0) is 11.4. The molecule has 1 aromatic carbocycles. The van der Waals surface area contributed by atoms with Crippen LogP contribution < -0.4 is 11.1 Å². The number of hydrogen-bond donors (Lipinski definition) is 2. The standard InChI is InChI=1S/C12H17IN2O/c13-11-7-10(14)1-2-12(11)15-8-9-3-5-16-6-4-9/h1-2,7,9,15H,3-6,8,14H2. The van der Waals surface area contributed by atoms with Gasteiger partial charge in [-0.15, -0.1) is 0 Å². The predicted octanol–water partition coefficient (Wildman–Crippen LogP) is 2.71. The zero-order valence-electron chi connectivity index (χ0n) is 9.21. The molecule has 4 heteroatoms. The van der Waals surface area contributed by atoms with Gasteiger partial charge >= 0.3 is 0 Å². The van der Waals surface area contributed by atoms with Gasteiger partial charge in [0.1, 0.15) is 0 Å². The van der Waals surface area contributed by atoms with E-state index in [1.54, 1.807) is 0 Å². The molecular formula is C12H17IN2O. The Kier molecular flexibility index (Phi) is 4.29. The van der Waals surface area contributed by atoms with Crippen LogP contribution in [-0.2, 0) is 4.74 Å². The molecular weight excluding hydrogens is 315 g/mol. The first-order valence-corrected chi connectivity index (χ1v) is 6.70. The largest absolute Gasteiger partial charge is 0.399 e. The van der Waals surface area contributed by atoms with E-state index in [-0.39, 0.29) is 0 Å². The minimum atomic E-state index is 0.738. The van der Waals surface area contributed by atoms with E-state index in [1.165, 1.54) is 22.1 Å². The molecule has 0 unspecified atom stereocenters. The molecule has 1 saturated heterocycles. The van der Waals surface area contributed by atoms with Crippen molar-refractivity contribution in [2.24, 2.45) is 5.92 Å². The fourth-order valence-electron chi connectivity index (χ4n) is 1.88. The number of rotatable bonds is 3. The Morgan fingerprint density at radius 1 is 1.38 bits per heavy atom. The summed E-state index contributed by atoms with van der Waals surface area (Å²) in [6, 6.07) is 5.98. The van der Waals surface area contributed by atoms with Crippen LogP contribution in [0.4, 0.5) is 11.4 Å². The van der Waals surface area contributed by atoms with Crippen LogP contribution in [0.3, 0.4) is 0 Å². The molecule has 0 atom stereocenters. The maximum Gasteiger partial charge on any atom is 0.0477 e. The molecule has 3 nitrogen and oxygen atoms in total. The summed E-state index contributed by atoms with van der Waals surface area (Å²) in [4.78, 5) is 0. The van der Waals surface area contributed by atoms with E-state index >= 15 is 0 Å². The van der Waals surface area contributed by atoms with Gasteiger partial charge in [-0.25, -0.2) is 0 Å². The topological polar surface area (TPSA) is 47.3 Å². The Morgan fingerprint density at radius 3 is 2.81 bits per heavy atom. The highest BCUT2D eigenvalue weighted by Gasteiger charge is 2.13. The zero-order valence-corrected chi connectivity index (χ0v) is 11.4. The summed E-state index contributed by atoms with van der Waals surface area (Å²) in [6.07, 6.45) is 2.33. The molecule has 1 fully saturated rings. The molecule has 1 aliphatic heterocycles. The Morgan fingerprint density at radius 2 is 2.12 bits per heavy atom. The van der Waals surface area contributed by atoms with Crippen molar-refractivity contribution in [2.45, 2.75) is 12.8 Å². The quantitative estimate of drug-likeness (QED) is 0.661. The number of nitrogens with one attached hydrogen (secondary N) is 1. The van der Waals surface area contributed by atoms with Crippen molar-refractivity contribution in [3.63, 3.8) is 0 Å². The van der Waals surface area contributed by atoms with Crippen molar-refractivity contribution in [1.82, 2.24) is 0 Å². The van der Waals surface area contributed by atoms with Crippen molar-refractivity contribution < 1.29 is 4.74 Å². The van der Waals surface area contributed by atoms with Gasteiger partial charge in [0, 0.05) is 34.7 Å². The van der Waals surface area contributed by atoms with Gasteiger partial charge < -0.3 is 15.8 Å². The van der Waals surface area contributed by atoms with E-state index < -0.39 is 0 Å². The second kappa shape index (κ2) is 5.72. The number of anilines is 2. The lowest BCUT2D eigenvalue weighted by Crippen LogP contribution is -2.22. The number of nitrogen functional groups attached to an aromatic ring is 1. The molecule has 2 rings (SSSR count). The fraction of sp³-hybridized carbons (Fsp3) is 0.500. The van der Waals surface area contributed by atoms with E-state index in [0.29, 0.717) is 0 Å². The summed E-state index contributed by atoms with van der Waals surface area (Å²) >= 11 is 2.31. The average molecular weight is 332 g/mol. The smallest absolute Gasteiger partial charge is 0.0477 e. The van der Waals surface area contributed by atoms with Crippen LogP contribution in [0.2, 0.25) is 0 Å². The normalized spacial score (nSPS) is 17.3. The lowest BCUT2D eigenvalue weighted by Gasteiger charge is -2.23. The molecule has 1 aromatic rings. The van der Waals surface area contributed by atoms with Crippen LogP contribution in [0.5, 0.6) is 0 Å². The van der Waals surface area contributed by atoms with E-state index in [1.807, 2.05) is 12.1 Å². The Bertz CT molecular complexity index is 351. The van der Waals surface area contributed by atoms with Gasteiger partial charge in [-0.2, -0.15) is 0 Å². The molecule has 0 aliphatic carbocycles. The molecule has 0 spiro atoms. The van der Waals surface area contributed by atoms with E-state index in [0.717, 1.165) is 31.4 Å². The van der Waals surface area contributed by atoms with E-state index in [4.69, 9.17) is 10.5 Å². The van der Waals surface area contributed by atoms with E-state index in [9.17, 15) is 0 Å². The number of hydrogen-bond acceptors (Lipinski definition) is 3. The van der Waals surface area contributed by atoms with Gasteiger partial charge in [-0.1, -0.05) is 0 Å². The monoisotopic (exact) mass is 332 g/mol. The van der Waals surface area contributed by atoms with Gasteiger partial charge in [0.25, 0.3) is 0 Å². The molecule has 0 bridgehead atoms. The van der Waals surface area contributed by atoms with Crippen molar-refractivity contribution in [2.75, 3.05) is 30.8 Å². The molecule has 0 radical (unpaired) electrons. The van der Waals surface area contributed by atoms with Crippen molar-refractivity contribution in [1.29, 1.82) is 0 Å². The van der Waals surface area contributed by atoms with Crippen LogP contribution in [0.25, 0.3) is 0 Å². The third-order valence-electron chi connectivity index (χ3n) is 2.92. The minimum Gasteiger partial charge on any atom is -0.399 e. The number of halogens is 1. The lowest BCUT2D eigenvalue weighted by atomic mass is 10.0. The SMILES string of the molecule is Nc1ccc(NCC2CCOCC2)c(I)c1.